The Bertz CT molecular complexity index is 592. The van der Waals surface area contributed by atoms with Gasteiger partial charge in [0.1, 0.15) is 5.82 Å². The molecule has 0 aliphatic rings. The lowest BCUT2D eigenvalue weighted by Crippen LogP contribution is -2.28. The quantitative estimate of drug-likeness (QED) is 0.838. The molecule has 1 nitrogen and oxygen atoms in total. The lowest BCUT2D eigenvalue weighted by molar-refractivity contribution is 0.517. The summed E-state index contributed by atoms with van der Waals surface area (Å²) in [4.78, 5) is 0. The lowest BCUT2D eigenvalue weighted by Gasteiger charge is -2.18. The maximum Gasteiger partial charge on any atom is 0.123 e. The van der Waals surface area contributed by atoms with Crippen molar-refractivity contribution >= 4 is 0 Å². The van der Waals surface area contributed by atoms with E-state index < -0.39 is 0 Å². The van der Waals surface area contributed by atoms with Crippen molar-refractivity contribution in [1.82, 2.24) is 5.32 Å². The summed E-state index contributed by atoms with van der Waals surface area (Å²) in [5.41, 5.74) is 4.92. The van der Waals surface area contributed by atoms with Crippen LogP contribution < -0.4 is 5.32 Å². The maximum absolute atomic E-state index is 13.4. The number of aryl methyl sites for hydroxylation is 3. The summed E-state index contributed by atoms with van der Waals surface area (Å²) in [6.07, 6.45) is 2.96. The predicted molar refractivity (Wildman–Crippen MR) is 87.2 cm³/mol. The van der Waals surface area contributed by atoms with Crippen molar-refractivity contribution in [3.05, 3.63) is 70.5 Å². The Morgan fingerprint density at radius 2 is 1.90 bits per heavy atom. The second kappa shape index (κ2) is 7.37. The van der Waals surface area contributed by atoms with Gasteiger partial charge in [-0.3, -0.25) is 0 Å². The Morgan fingerprint density at radius 1 is 1.10 bits per heavy atom. The zero-order valence-electron chi connectivity index (χ0n) is 13.1. The summed E-state index contributed by atoms with van der Waals surface area (Å²) in [6.45, 7) is 4.16. The molecule has 0 saturated carbocycles. The Balaban J connectivity index is 1.98. The van der Waals surface area contributed by atoms with Crippen LogP contribution in [0.15, 0.2) is 42.5 Å². The molecule has 1 unspecified atom stereocenters. The minimum Gasteiger partial charge on any atom is -0.317 e. The van der Waals surface area contributed by atoms with E-state index in [0.29, 0.717) is 6.04 Å². The highest BCUT2D eigenvalue weighted by atomic mass is 19.1. The lowest BCUT2D eigenvalue weighted by atomic mass is 9.96. The van der Waals surface area contributed by atoms with Gasteiger partial charge >= 0.3 is 0 Å². The van der Waals surface area contributed by atoms with Crippen molar-refractivity contribution in [2.75, 3.05) is 7.05 Å². The van der Waals surface area contributed by atoms with Gasteiger partial charge in [0.2, 0.25) is 0 Å². The number of halogens is 1. The number of nitrogens with one attached hydrogen (secondary N) is 1. The Hall–Kier alpha value is -1.67. The van der Waals surface area contributed by atoms with Gasteiger partial charge in [0.05, 0.1) is 0 Å². The van der Waals surface area contributed by atoms with Crippen LogP contribution in [-0.4, -0.2) is 13.1 Å². The molecule has 2 rings (SSSR count). The SMILES string of the molecule is CNC(CCc1cccc(C)c1)Cc1cc(F)ccc1C. The fourth-order valence-corrected chi connectivity index (χ4v) is 2.68. The fraction of sp³-hybridized carbons (Fsp3) is 0.368. The smallest absolute Gasteiger partial charge is 0.123 e. The highest BCUT2D eigenvalue weighted by molar-refractivity contribution is 5.27. The molecule has 0 radical (unpaired) electrons. The summed E-state index contributed by atoms with van der Waals surface area (Å²) in [6, 6.07) is 14.0. The maximum atomic E-state index is 13.4. The summed E-state index contributed by atoms with van der Waals surface area (Å²) in [7, 11) is 1.98. The minimum atomic E-state index is -0.149. The zero-order valence-corrected chi connectivity index (χ0v) is 13.1. The second-order valence-corrected chi connectivity index (χ2v) is 5.79. The van der Waals surface area contributed by atoms with Gasteiger partial charge in [0.15, 0.2) is 0 Å². The first-order valence-corrected chi connectivity index (χ1v) is 7.56. The van der Waals surface area contributed by atoms with Gasteiger partial charge in [-0.15, -0.1) is 0 Å². The first-order chi connectivity index (χ1) is 10.1. The highest BCUT2D eigenvalue weighted by Crippen LogP contribution is 2.15. The van der Waals surface area contributed by atoms with Gasteiger partial charge in [-0.25, -0.2) is 4.39 Å². The topological polar surface area (TPSA) is 12.0 Å². The van der Waals surface area contributed by atoms with Crippen LogP contribution in [0.25, 0.3) is 0 Å². The molecule has 2 aromatic rings. The van der Waals surface area contributed by atoms with Crippen LogP contribution in [-0.2, 0) is 12.8 Å². The van der Waals surface area contributed by atoms with E-state index in [4.69, 9.17) is 0 Å². The fourth-order valence-electron chi connectivity index (χ4n) is 2.68. The Morgan fingerprint density at radius 3 is 2.62 bits per heavy atom. The van der Waals surface area contributed by atoms with Crippen molar-refractivity contribution in [2.45, 2.75) is 39.2 Å². The van der Waals surface area contributed by atoms with Crippen LogP contribution in [0.1, 0.15) is 28.7 Å². The van der Waals surface area contributed by atoms with Crippen LogP contribution in [0.5, 0.6) is 0 Å². The van der Waals surface area contributed by atoms with Gasteiger partial charge in [0.25, 0.3) is 0 Å². The summed E-state index contributed by atoms with van der Waals surface area (Å²) in [5, 5.41) is 3.36. The van der Waals surface area contributed by atoms with E-state index in [9.17, 15) is 4.39 Å². The van der Waals surface area contributed by atoms with Gasteiger partial charge in [-0.1, -0.05) is 35.9 Å². The Kier molecular flexibility index (Phi) is 5.51. The van der Waals surface area contributed by atoms with Crippen LogP contribution in [0.4, 0.5) is 4.39 Å². The van der Waals surface area contributed by atoms with E-state index in [-0.39, 0.29) is 5.82 Å². The molecule has 2 aromatic carbocycles. The van der Waals surface area contributed by atoms with Crippen LogP contribution in [0, 0.1) is 19.7 Å². The van der Waals surface area contributed by atoms with Gasteiger partial charge < -0.3 is 5.32 Å². The molecule has 0 amide bonds. The second-order valence-electron chi connectivity index (χ2n) is 5.79. The van der Waals surface area contributed by atoms with E-state index in [2.05, 4.69) is 36.5 Å². The molecule has 0 spiro atoms. The zero-order chi connectivity index (χ0) is 15.2. The molecule has 21 heavy (non-hydrogen) atoms. The normalized spacial score (nSPS) is 12.4. The number of benzene rings is 2. The summed E-state index contributed by atoms with van der Waals surface area (Å²) < 4.78 is 13.4. The molecule has 0 aliphatic carbocycles. The van der Waals surface area contributed by atoms with Crippen LogP contribution in [0.3, 0.4) is 0 Å². The van der Waals surface area contributed by atoms with Gasteiger partial charge in [0, 0.05) is 6.04 Å². The van der Waals surface area contributed by atoms with Crippen molar-refractivity contribution in [3.8, 4) is 0 Å². The molecule has 0 heterocycles. The van der Waals surface area contributed by atoms with Crippen LogP contribution in [0.2, 0.25) is 0 Å². The van der Waals surface area contributed by atoms with E-state index in [1.807, 2.05) is 20.0 Å². The standard InChI is InChI=1S/C19H24FN/c1-14-5-4-6-16(11-14)8-10-19(21-3)13-17-12-18(20)9-7-15(17)2/h4-7,9,11-12,19,21H,8,10,13H2,1-3H3. The van der Waals surface area contributed by atoms with Crippen molar-refractivity contribution in [2.24, 2.45) is 0 Å². The minimum absolute atomic E-state index is 0.149. The average Bonchev–Trinajstić information content (AvgIpc) is 2.47. The first-order valence-electron chi connectivity index (χ1n) is 7.56. The molecule has 0 aromatic heterocycles. The van der Waals surface area contributed by atoms with Crippen molar-refractivity contribution in [1.29, 1.82) is 0 Å². The number of hydrogen-bond donors (Lipinski definition) is 1. The highest BCUT2D eigenvalue weighted by Gasteiger charge is 2.10. The predicted octanol–water partition coefficient (Wildman–Crippen LogP) is 4.21. The van der Waals surface area contributed by atoms with E-state index in [1.54, 1.807) is 6.07 Å². The summed E-state index contributed by atoms with van der Waals surface area (Å²) in [5.74, 6) is -0.149. The number of likely N-dealkylation sites (N-methyl/N-ethyl adjacent to an activating group) is 1. The van der Waals surface area contributed by atoms with Gasteiger partial charge in [-0.2, -0.15) is 0 Å². The summed E-state index contributed by atoms with van der Waals surface area (Å²) >= 11 is 0. The monoisotopic (exact) mass is 285 g/mol. The number of hydrogen-bond acceptors (Lipinski definition) is 1. The molecule has 0 bridgehead atoms. The Labute approximate surface area is 127 Å². The molecular formula is C19H24FN. The van der Waals surface area contributed by atoms with E-state index in [0.717, 1.165) is 30.4 Å². The van der Waals surface area contributed by atoms with Crippen molar-refractivity contribution < 1.29 is 4.39 Å². The third kappa shape index (κ3) is 4.68. The number of rotatable bonds is 6. The average molecular weight is 285 g/mol. The molecule has 1 atom stereocenters. The van der Waals surface area contributed by atoms with Gasteiger partial charge in [-0.05, 0) is 69.0 Å². The molecule has 2 heteroatoms. The van der Waals surface area contributed by atoms with E-state index >= 15 is 0 Å². The third-order valence-corrected chi connectivity index (χ3v) is 4.05. The van der Waals surface area contributed by atoms with Crippen LogP contribution >= 0.6 is 0 Å². The molecule has 0 fully saturated rings. The van der Waals surface area contributed by atoms with Crippen molar-refractivity contribution in [3.63, 3.8) is 0 Å². The molecular weight excluding hydrogens is 261 g/mol. The third-order valence-electron chi connectivity index (χ3n) is 4.05. The molecule has 1 N–H and O–H groups in total. The molecule has 112 valence electrons. The largest absolute Gasteiger partial charge is 0.317 e. The molecule has 0 aliphatic heterocycles. The molecule has 0 saturated heterocycles. The van der Waals surface area contributed by atoms with E-state index in [1.165, 1.54) is 17.2 Å². The first kappa shape index (κ1) is 15.7.